The van der Waals surface area contributed by atoms with E-state index in [1.165, 1.54) is 12.5 Å². The van der Waals surface area contributed by atoms with Crippen LogP contribution in [-0.4, -0.2) is 18.0 Å². The number of benzene rings is 1. The Balaban J connectivity index is 0.00000176. The largest absolute Gasteiger partial charge is 0.353 e. The monoisotopic (exact) mass is 326 g/mol. The van der Waals surface area contributed by atoms with E-state index in [0.29, 0.717) is 23.8 Å². The smallest absolute Gasteiger partial charge is 0.225 e. The summed E-state index contributed by atoms with van der Waals surface area (Å²) >= 11 is 0. The molecule has 0 aromatic heterocycles. The summed E-state index contributed by atoms with van der Waals surface area (Å²) in [5, 5.41) is 3.03. The van der Waals surface area contributed by atoms with E-state index in [-0.39, 0.29) is 42.1 Å². The lowest BCUT2D eigenvalue weighted by molar-refractivity contribution is -0.127. The number of rotatable bonds is 4. The number of carbonyl (C=O) groups is 1. The Labute approximate surface area is 137 Å². The van der Waals surface area contributed by atoms with Crippen molar-refractivity contribution in [3.63, 3.8) is 0 Å². The lowest BCUT2D eigenvalue weighted by Gasteiger charge is -2.28. The van der Waals surface area contributed by atoms with E-state index in [4.69, 9.17) is 5.73 Å². The molecule has 22 heavy (non-hydrogen) atoms. The summed E-state index contributed by atoms with van der Waals surface area (Å²) in [5.74, 6) is 0.763. The summed E-state index contributed by atoms with van der Waals surface area (Å²) in [6, 6.07) is 6.64. The number of amides is 1. The molecule has 1 amide bonds. The first-order chi connectivity index (χ1) is 10.1. The number of fused-ring (bicyclic) bond motifs is 2. The summed E-state index contributed by atoms with van der Waals surface area (Å²) < 4.78 is 13.6. The Kier molecular flexibility index (Phi) is 5.45. The van der Waals surface area contributed by atoms with Gasteiger partial charge in [0.1, 0.15) is 5.82 Å². The molecule has 0 radical (unpaired) electrons. The minimum atomic E-state index is -0.213. The van der Waals surface area contributed by atoms with Gasteiger partial charge in [0.15, 0.2) is 0 Å². The van der Waals surface area contributed by atoms with Gasteiger partial charge >= 0.3 is 0 Å². The molecule has 3 nitrogen and oxygen atoms in total. The van der Waals surface area contributed by atoms with Crippen molar-refractivity contribution >= 4 is 18.3 Å². The summed E-state index contributed by atoms with van der Waals surface area (Å²) in [4.78, 5) is 12.4. The quantitative estimate of drug-likeness (QED) is 0.893. The van der Waals surface area contributed by atoms with E-state index in [1.54, 1.807) is 12.1 Å². The number of carbonyl (C=O) groups excluding carboxylic acids is 1. The van der Waals surface area contributed by atoms with Crippen LogP contribution in [0, 0.1) is 23.6 Å². The van der Waals surface area contributed by atoms with Gasteiger partial charge in [-0.3, -0.25) is 4.79 Å². The van der Waals surface area contributed by atoms with Crippen molar-refractivity contribution in [3.05, 3.63) is 35.6 Å². The van der Waals surface area contributed by atoms with E-state index in [0.717, 1.165) is 12.8 Å². The van der Waals surface area contributed by atoms with E-state index < -0.39 is 0 Å². The first-order valence-electron chi connectivity index (χ1n) is 7.85. The van der Waals surface area contributed by atoms with Gasteiger partial charge < -0.3 is 11.1 Å². The van der Waals surface area contributed by atoms with Crippen LogP contribution in [-0.2, 0) is 11.2 Å². The zero-order valence-corrected chi connectivity index (χ0v) is 13.6. The van der Waals surface area contributed by atoms with Gasteiger partial charge in [-0.15, -0.1) is 12.4 Å². The molecule has 3 rings (SSSR count). The molecule has 5 heteroatoms. The molecule has 0 aliphatic heterocycles. The first kappa shape index (κ1) is 17.2. The van der Waals surface area contributed by atoms with Crippen LogP contribution in [0.2, 0.25) is 0 Å². The molecule has 1 aromatic carbocycles. The highest BCUT2D eigenvalue weighted by molar-refractivity contribution is 5.85. The van der Waals surface area contributed by atoms with E-state index in [2.05, 4.69) is 5.32 Å². The number of hydrogen-bond acceptors (Lipinski definition) is 2. The molecule has 1 aromatic rings. The molecular weight excluding hydrogens is 303 g/mol. The Morgan fingerprint density at radius 1 is 1.36 bits per heavy atom. The van der Waals surface area contributed by atoms with Crippen LogP contribution in [0.4, 0.5) is 4.39 Å². The maximum absolute atomic E-state index is 13.6. The second-order valence-corrected chi connectivity index (χ2v) is 6.64. The van der Waals surface area contributed by atoms with Crippen LogP contribution in [0.1, 0.15) is 31.7 Å². The van der Waals surface area contributed by atoms with Crippen molar-refractivity contribution in [1.29, 1.82) is 0 Å². The van der Waals surface area contributed by atoms with Crippen molar-refractivity contribution in [2.75, 3.05) is 0 Å². The summed E-state index contributed by atoms with van der Waals surface area (Å²) in [6.45, 7) is 1.92. The summed E-state index contributed by atoms with van der Waals surface area (Å²) in [7, 11) is 0. The van der Waals surface area contributed by atoms with Crippen LogP contribution >= 0.6 is 12.4 Å². The van der Waals surface area contributed by atoms with E-state index >= 15 is 0 Å². The average Bonchev–Trinajstić information content (AvgIpc) is 3.01. The van der Waals surface area contributed by atoms with Gasteiger partial charge in [0, 0.05) is 12.1 Å². The van der Waals surface area contributed by atoms with Gasteiger partial charge in [-0.1, -0.05) is 18.2 Å². The molecule has 3 N–H and O–H groups in total. The predicted molar refractivity (Wildman–Crippen MR) is 87.3 cm³/mol. The van der Waals surface area contributed by atoms with Gasteiger partial charge in [-0.25, -0.2) is 4.39 Å². The summed E-state index contributed by atoms with van der Waals surface area (Å²) in [6.07, 6.45) is 3.90. The highest BCUT2D eigenvalue weighted by atomic mass is 35.5. The minimum absolute atomic E-state index is 0. The molecule has 5 atom stereocenters. The van der Waals surface area contributed by atoms with Crippen LogP contribution in [0.3, 0.4) is 0 Å². The van der Waals surface area contributed by atoms with Crippen molar-refractivity contribution in [2.45, 2.75) is 44.7 Å². The summed E-state index contributed by atoms with van der Waals surface area (Å²) in [5.41, 5.74) is 6.84. The number of hydrogen-bond donors (Lipinski definition) is 2. The predicted octanol–water partition coefficient (Wildman–Crippen LogP) is 2.67. The van der Waals surface area contributed by atoms with Crippen LogP contribution < -0.4 is 11.1 Å². The molecule has 0 heterocycles. The number of nitrogens with two attached hydrogens (primary N) is 1. The third kappa shape index (κ3) is 3.28. The maximum atomic E-state index is 13.6. The molecule has 2 aliphatic rings. The molecular formula is C17H24ClFN2O. The van der Waals surface area contributed by atoms with Gasteiger partial charge in [-0.05, 0) is 56.1 Å². The zero-order valence-electron chi connectivity index (χ0n) is 12.8. The maximum Gasteiger partial charge on any atom is 0.225 e. The van der Waals surface area contributed by atoms with Crippen LogP contribution in [0.5, 0.6) is 0 Å². The van der Waals surface area contributed by atoms with E-state index in [1.807, 2.05) is 13.0 Å². The molecule has 2 fully saturated rings. The Morgan fingerprint density at radius 3 is 2.68 bits per heavy atom. The van der Waals surface area contributed by atoms with Gasteiger partial charge in [-0.2, -0.15) is 0 Å². The number of halogens is 2. The third-order valence-electron chi connectivity index (χ3n) is 5.16. The van der Waals surface area contributed by atoms with Gasteiger partial charge in [0.2, 0.25) is 5.91 Å². The Morgan fingerprint density at radius 2 is 2.05 bits per heavy atom. The van der Waals surface area contributed by atoms with Crippen LogP contribution in [0.25, 0.3) is 0 Å². The second kappa shape index (κ2) is 6.97. The molecule has 0 saturated heterocycles. The fourth-order valence-electron chi connectivity index (χ4n) is 4.11. The number of nitrogens with one attached hydrogen (secondary N) is 1. The molecule has 0 spiro atoms. The normalized spacial score (nSPS) is 30.7. The van der Waals surface area contributed by atoms with E-state index in [9.17, 15) is 9.18 Å². The molecule has 2 saturated carbocycles. The van der Waals surface area contributed by atoms with Crippen molar-refractivity contribution in [3.8, 4) is 0 Å². The lowest BCUT2D eigenvalue weighted by Crippen LogP contribution is -2.47. The minimum Gasteiger partial charge on any atom is -0.353 e. The average molecular weight is 327 g/mol. The third-order valence-corrected chi connectivity index (χ3v) is 5.16. The Hall–Kier alpha value is -1.13. The van der Waals surface area contributed by atoms with Crippen molar-refractivity contribution in [2.24, 2.45) is 23.5 Å². The van der Waals surface area contributed by atoms with Crippen molar-refractivity contribution in [1.82, 2.24) is 5.32 Å². The lowest BCUT2D eigenvalue weighted by atomic mass is 9.84. The fourth-order valence-corrected chi connectivity index (χ4v) is 4.11. The molecule has 122 valence electrons. The topological polar surface area (TPSA) is 55.1 Å². The highest BCUT2D eigenvalue weighted by Crippen LogP contribution is 2.47. The Bertz CT molecular complexity index is 537. The van der Waals surface area contributed by atoms with Crippen LogP contribution in [0.15, 0.2) is 24.3 Å². The zero-order chi connectivity index (χ0) is 15.0. The highest BCUT2D eigenvalue weighted by Gasteiger charge is 2.49. The molecule has 2 aliphatic carbocycles. The fraction of sp³-hybridized carbons (Fsp3) is 0.588. The first-order valence-corrected chi connectivity index (χ1v) is 7.85. The SMILES string of the molecule is CC(Cc1ccccc1F)NC(=O)C1C2CCC(C2)C1N.Cl. The molecule has 2 bridgehead atoms. The molecule has 5 unspecified atom stereocenters. The van der Waals surface area contributed by atoms with Crippen molar-refractivity contribution < 1.29 is 9.18 Å². The van der Waals surface area contributed by atoms with Gasteiger partial charge in [0.25, 0.3) is 0 Å². The van der Waals surface area contributed by atoms with Gasteiger partial charge in [0.05, 0.1) is 5.92 Å². The second-order valence-electron chi connectivity index (χ2n) is 6.64. The standard InChI is InChI=1S/C17H23FN2O.ClH/c1-10(8-11-4-2-3-5-14(11)18)20-17(21)15-12-6-7-13(9-12)16(15)19;/h2-5,10,12-13,15-16H,6-9,19H2,1H3,(H,20,21);1H.